The van der Waals surface area contributed by atoms with E-state index in [1.54, 1.807) is 24.3 Å². The molecule has 32 heavy (non-hydrogen) atoms. The minimum atomic E-state index is -1.06. The highest BCUT2D eigenvalue weighted by molar-refractivity contribution is 8.04. The van der Waals surface area contributed by atoms with Gasteiger partial charge in [-0.1, -0.05) is 42.8 Å². The molecule has 0 aliphatic carbocycles. The third kappa shape index (κ3) is 6.51. The maximum Gasteiger partial charge on any atom is 0.342 e. The monoisotopic (exact) mass is 473 g/mol. The Balaban J connectivity index is 1.80. The fourth-order valence-corrected chi connectivity index (χ4v) is 3.75. The van der Waals surface area contributed by atoms with Crippen LogP contribution in [0.2, 0.25) is 5.02 Å². The lowest BCUT2D eigenvalue weighted by atomic mass is 10.2. The van der Waals surface area contributed by atoms with Crippen LogP contribution in [0.5, 0.6) is 11.5 Å². The number of aromatic amines is 1. The molecule has 0 saturated carbocycles. The molecule has 7 nitrogen and oxygen atoms in total. The summed E-state index contributed by atoms with van der Waals surface area (Å²) in [5.41, 5.74) is 1.52. The van der Waals surface area contributed by atoms with E-state index in [1.165, 1.54) is 0 Å². The first-order valence-corrected chi connectivity index (χ1v) is 11.4. The van der Waals surface area contributed by atoms with Crippen LogP contribution in [0, 0.1) is 0 Å². The van der Waals surface area contributed by atoms with Crippen LogP contribution in [-0.4, -0.2) is 32.9 Å². The molecule has 1 heterocycles. The van der Waals surface area contributed by atoms with Crippen molar-refractivity contribution in [2.75, 3.05) is 6.61 Å². The number of aromatic nitrogens is 3. The predicted octanol–water partition coefficient (Wildman–Crippen LogP) is 5.61. The second-order valence-electron chi connectivity index (χ2n) is 6.75. The zero-order chi connectivity index (χ0) is 22.9. The lowest BCUT2D eigenvalue weighted by Gasteiger charge is -2.13. The molecule has 1 aromatic heterocycles. The molecule has 3 aromatic rings. The van der Waals surface area contributed by atoms with E-state index < -0.39 is 5.97 Å². The van der Waals surface area contributed by atoms with E-state index in [0.717, 1.165) is 36.0 Å². The number of carboxylic acids is 1. The zero-order valence-electron chi connectivity index (χ0n) is 17.8. The normalized spacial score (nSPS) is 11.4. The summed E-state index contributed by atoms with van der Waals surface area (Å²) in [5.74, 6) is 0.741. The van der Waals surface area contributed by atoms with Crippen molar-refractivity contribution in [3.63, 3.8) is 0 Å². The number of nitrogens with zero attached hydrogens (tertiary/aromatic N) is 2. The molecule has 0 bridgehead atoms. The van der Waals surface area contributed by atoms with Gasteiger partial charge in [-0.25, -0.2) is 9.78 Å². The van der Waals surface area contributed by atoms with Crippen molar-refractivity contribution >= 4 is 35.4 Å². The van der Waals surface area contributed by atoms with Crippen molar-refractivity contribution in [2.24, 2.45) is 0 Å². The Morgan fingerprint density at radius 1 is 1.19 bits per heavy atom. The largest absolute Gasteiger partial charge is 0.490 e. The molecule has 168 valence electrons. The summed E-state index contributed by atoms with van der Waals surface area (Å²) >= 11 is 7.19. The van der Waals surface area contributed by atoms with Gasteiger partial charge in [0.05, 0.1) is 6.61 Å². The number of H-pyrrole nitrogens is 1. The highest BCUT2D eigenvalue weighted by atomic mass is 35.5. The van der Waals surface area contributed by atoms with Gasteiger partial charge in [0.15, 0.2) is 11.5 Å². The van der Waals surface area contributed by atoms with Crippen molar-refractivity contribution in [1.29, 1.82) is 0 Å². The van der Waals surface area contributed by atoms with Crippen LogP contribution in [0.4, 0.5) is 0 Å². The number of benzene rings is 2. The average molecular weight is 474 g/mol. The highest BCUT2D eigenvalue weighted by Gasteiger charge is 2.15. The smallest absolute Gasteiger partial charge is 0.342 e. The van der Waals surface area contributed by atoms with Gasteiger partial charge in [-0.05, 0) is 54.9 Å². The lowest BCUT2D eigenvalue weighted by molar-refractivity contribution is -0.131. The van der Waals surface area contributed by atoms with Crippen LogP contribution in [0.25, 0.3) is 6.08 Å². The van der Waals surface area contributed by atoms with Crippen molar-refractivity contribution < 1.29 is 19.4 Å². The van der Waals surface area contributed by atoms with Gasteiger partial charge < -0.3 is 14.6 Å². The van der Waals surface area contributed by atoms with E-state index in [9.17, 15) is 9.90 Å². The summed E-state index contributed by atoms with van der Waals surface area (Å²) in [6.07, 6.45) is 3.24. The van der Waals surface area contributed by atoms with Crippen molar-refractivity contribution in [1.82, 2.24) is 15.2 Å². The van der Waals surface area contributed by atoms with Gasteiger partial charge in [0.2, 0.25) is 5.16 Å². The number of carboxylic acid groups (broad SMARTS) is 1. The standard InChI is InChI=1S/C23H24ClN3O4S/c1-3-7-21-25-23(27-26-21)32-20(22(28)29)13-15-10-11-18(19(12-15)30-4-2)31-14-16-8-5-6-9-17(16)24/h5-6,8-13H,3-4,7,14H2,1-2H3,(H,28,29)(H,25,26,27)/b20-13-. The van der Waals surface area contributed by atoms with E-state index in [-0.39, 0.29) is 11.5 Å². The molecule has 0 saturated heterocycles. The maximum absolute atomic E-state index is 11.8. The summed E-state index contributed by atoms with van der Waals surface area (Å²) < 4.78 is 11.6. The molecule has 0 aliphatic heterocycles. The minimum Gasteiger partial charge on any atom is -0.490 e. The lowest BCUT2D eigenvalue weighted by Crippen LogP contribution is -2.01. The number of halogens is 1. The molecule has 9 heteroatoms. The first-order valence-electron chi connectivity index (χ1n) is 10.2. The van der Waals surface area contributed by atoms with E-state index in [2.05, 4.69) is 15.2 Å². The van der Waals surface area contributed by atoms with Crippen LogP contribution < -0.4 is 9.47 Å². The van der Waals surface area contributed by atoms with Crippen molar-refractivity contribution in [3.8, 4) is 11.5 Å². The molecular formula is C23H24ClN3O4S. The van der Waals surface area contributed by atoms with Crippen molar-refractivity contribution in [3.05, 3.63) is 69.3 Å². The highest BCUT2D eigenvalue weighted by Crippen LogP contribution is 2.32. The summed E-state index contributed by atoms with van der Waals surface area (Å²) in [4.78, 5) is 16.2. The minimum absolute atomic E-state index is 0.0965. The Morgan fingerprint density at radius 2 is 2.00 bits per heavy atom. The van der Waals surface area contributed by atoms with Gasteiger partial charge >= 0.3 is 5.97 Å². The molecule has 0 amide bonds. The fourth-order valence-electron chi connectivity index (χ4n) is 2.83. The van der Waals surface area contributed by atoms with E-state index in [1.807, 2.05) is 38.1 Å². The first kappa shape index (κ1) is 23.7. The second kappa shape index (κ2) is 11.6. The molecule has 2 aromatic carbocycles. The predicted molar refractivity (Wildman–Crippen MR) is 125 cm³/mol. The third-order valence-corrected chi connectivity index (χ3v) is 5.56. The Bertz CT molecular complexity index is 1100. The van der Waals surface area contributed by atoms with E-state index >= 15 is 0 Å². The quantitative estimate of drug-likeness (QED) is 0.276. The number of thioether (sulfide) groups is 1. The Labute approximate surface area is 195 Å². The molecule has 0 spiro atoms. The fraction of sp³-hybridized carbons (Fsp3) is 0.261. The Hall–Kier alpha value is -2.97. The molecular weight excluding hydrogens is 450 g/mol. The van der Waals surface area contributed by atoms with E-state index in [0.29, 0.717) is 33.8 Å². The molecule has 0 unspecified atom stereocenters. The zero-order valence-corrected chi connectivity index (χ0v) is 19.4. The van der Waals surface area contributed by atoms with Crippen LogP contribution in [0.15, 0.2) is 52.5 Å². The number of hydrogen-bond donors (Lipinski definition) is 2. The summed E-state index contributed by atoms with van der Waals surface area (Å²) in [5, 5.41) is 17.6. The van der Waals surface area contributed by atoms with Crippen LogP contribution in [0.3, 0.4) is 0 Å². The number of ether oxygens (including phenoxy) is 2. The molecule has 0 aliphatic rings. The van der Waals surface area contributed by atoms with Gasteiger partial charge in [0.1, 0.15) is 17.3 Å². The van der Waals surface area contributed by atoms with Gasteiger partial charge in [0, 0.05) is 17.0 Å². The number of aryl methyl sites for hydroxylation is 1. The topological polar surface area (TPSA) is 97.3 Å². The van der Waals surface area contributed by atoms with E-state index in [4.69, 9.17) is 21.1 Å². The van der Waals surface area contributed by atoms with Gasteiger partial charge in [-0.3, -0.25) is 5.10 Å². The summed E-state index contributed by atoms with van der Waals surface area (Å²) in [6.45, 7) is 4.63. The number of rotatable bonds is 11. The Kier molecular flexibility index (Phi) is 8.58. The van der Waals surface area contributed by atoms with Gasteiger partial charge in [-0.15, -0.1) is 5.10 Å². The molecule has 2 N–H and O–H groups in total. The Morgan fingerprint density at radius 3 is 2.72 bits per heavy atom. The van der Waals surface area contributed by atoms with Crippen molar-refractivity contribution in [2.45, 2.75) is 38.5 Å². The van der Waals surface area contributed by atoms with Crippen LogP contribution in [-0.2, 0) is 17.8 Å². The number of nitrogens with one attached hydrogen (secondary N) is 1. The molecule has 0 atom stereocenters. The third-order valence-electron chi connectivity index (χ3n) is 4.32. The van der Waals surface area contributed by atoms with Crippen LogP contribution >= 0.6 is 23.4 Å². The first-order chi connectivity index (χ1) is 15.5. The number of aliphatic carboxylic acids is 1. The molecule has 0 fully saturated rings. The molecule has 3 rings (SSSR count). The van der Waals surface area contributed by atoms with Crippen LogP contribution in [0.1, 0.15) is 37.2 Å². The van der Waals surface area contributed by atoms with Gasteiger partial charge in [0.25, 0.3) is 0 Å². The molecule has 0 radical (unpaired) electrons. The number of hydrogen-bond acceptors (Lipinski definition) is 6. The number of carbonyl (C=O) groups is 1. The summed E-state index contributed by atoms with van der Waals surface area (Å²) in [6, 6.07) is 12.7. The average Bonchev–Trinajstić information content (AvgIpc) is 3.21. The maximum atomic E-state index is 11.8. The summed E-state index contributed by atoms with van der Waals surface area (Å²) in [7, 11) is 0. The SMILES string of the molecule is CCCc1nc(S/C(=C\c2ccc(OCc3ccccc3Cl)c(OCC)c2)C(=O)O)n[nH]1. The second-order valence-corrected chi connectivity index (χ2v) is 8.17. The van der Waals surface area contributed by atoms with Gasteiger partial charge in [-0.2, -0.15) is 0 Å².